The summed E-state index contributed by atoms with van der Waals surface area (Å²) >= 11 is 0. The van der Waals surface area contributed by atoms with Gasteiger partial charge in [-0.05, 0) is 24.6 Å². The monoisotopic (exact) mass is 497 g/mol. The van der Waals surface area contributed by atoms with Crippen LogP contribution in [-0.4, -0.2) is 67.6 Å². The number of carbonyl (C=O) groups is 2. The summed E-state index contributed by atoms with van der Waals surface area (Å²) in [7, 11) is 0.343. The first-order valence-electron chi connectivity index (χ1n) is 11.7. The molecule has 10 heteroatoms. The van der Waals surface area contributed by atoms with Gasteiger partial charge in [-0.25, -0.2) is 8.42 Å². The minimum absolute atomic E-state index is 0.195. The van der Waals surface area contributed by atoms with Crippen LogP contribution in [0.15, 0.2) is 40.4 Å². The van der Waals surface area contributed by atoms with Crippen molar-refractivity contribution in [3.63, 3.8) is 0 Å². The summed E-state index contributed by atoms with van der Waals surface area (Å²) in [5.74, 6) is -3.16. The van der Waals surface area contributed by atoms with Crippen molar-refractivity contribution in [3.05, 3.63) is 46.7 Å². The molecule has 2 aromatic rings. The van der Waals surface area contributed by atoms with Gasteiger partial charge in [-0.1, -0.05) is 19.1 Å². The van der Waals surface area contributed by atoms with E-state index in [1.54, 1.807) is 19.1 Å². The number of sulfonamides is 1. The van der Waals surface area contributed by atoms with Crippen LogP contribution in [0.2, 0.25) is 0 Å². The van der Waals surface area contributed by atoms with Gasteiger partial charge >= 0.3 is 0 Å². The fourth-order valence-electron chi connectivity index (χ4n) is 6.67. The molecule has 4 aliphatic heterocycles. The second-order valence-electron chi connectivity index (χ2n) is 10.9. The van der Waals surface area contributed by atoms with Crippen LogP contribution in [0.1, 0.15) is 25.0 Å². The third-order valence-electron chi connectivity index (χ3n) is 8.13. The highest BCUT2D eigenvalue weighted by Crippen LogP contribution is 2.50. The van der Waals surface area contributed by atoms with Crippen molar-refractivity contribution in [2.24, 2.45) is 11.8 Å². The Hall–Kier alpha value is -2.95. The number of carboxylic acid groups (broad SMARTS) is 1. The molecule has 1 fully saturated rings. The van der Waals surface area contributed by atoms with Crippen LogP contribution in [0.25, 0.3) is 10.8 Å². The number of hydrogen-bond acceptors (Lipinski definition) is 6. The Balaban J connectivity index is 1.48. The van der Waals surface area contributed by atoms with E-state index in [9.17, 15) is 28.2 Å². The quantitative estimate of drug-likeness (QED) is 0.480. The van der Waals surface area contributed by atoms with E-state index in [4.69, 9.17) is 0 Å². The average Bonchev–Trinajstić information content (AvgIpc) is 3.12. The maximum atomic E-state index is 13.7. The number of benzene rings is 2. The number of amides is 1. The predicted molar refractivity (Wildman–Crippen MR) is 125 cm³/mol. The second-order valence-corrected chi connectivity index (χ2v) is 12.7. The Bertz CT molecular complexity index is 1480. The van der Waals surface area contributed by atoms with E-state index in [0.717, 1.165) is 39.0 Å². The molecule has 0 spiro atoms. The van der Waals surface area contributed by atoms with Crippen LogP contribution >= 0.6 is 0 Å². The summed E-state index contributed by atoms with van der Waals surface area (Å²) in [5, 5.41) is 23.8. The van der Waals surface area contributed by atoms with Crippen LogP contribution in [0, 0.1) is 11.8 Å². The number of aliphatic carboxylic acids is 1. The van der Waals surface area contributed by atoms with Crippen LogP contribution in [0.5, 0.6) is 0 Å². The predicted octanol–water partition coefficient (Wildman–Crippen LogP) is 0.300. The molecule has 4 heterocycles. The van der Waals surface area contributed by atoms with E-state index >= 15 is 0 Å². The first-order chi connectivity index (χ1) is 16.3. The largest absolute Gasteiger partial charge is 0.543 e. The second kappa shape index (κ2) is 6.83. The highest BCUT2D eigenvalue weighted by Gasteiger charge is 2.59. The van der Waals surface area contributed by atoms with E-state index in [0.29, 0.717) is 16.6 Å². The van der Waals surface area contributed by atoms with E-state index in [2.05, 4.69) is 14.1 Å². The Morgan fingerprint density at radius 3 is 2.40 bits per heavy atom. The number of aliphatic hydroxyl groups excluding tert-OH is 1. The maximum Gasteiger partial charge on any atom is 0.265 e. The zero-order chi connectivity index (χ0) is 25.2. The van der Waals surface area contributed by atoms with Gasteiger partial charge in [0.25, 0.3) is 10.0 Å². The lowest BCUT2D eigenvalue weighted by Gasteiger charge is -2.47. The Kier molecular flexibility index (Phi) is 4.40. The normalized spacial score (nSPS) is 28.4. The fourth-order valence-corrected chi connectivity index (χ4v) is 8.34. The molecule has 1 saturated heterocycles. The summed E-state index contributed by atoms with van der Waals surface area (Å²) in [4.78, 5) is 26.2. The van der Waals surface area contributed by atoms with Gasteiger partial charge in [0.05, 0.1) is 61.0 Å². The molecule has 6 rings (SSSR count). The van der Waals surface area contributed by atoms with Crippen molar-refractivity contribution >= 4 is 38.4 Å². The third kappa shape index (κ3) is 2.78. The molecule has 2 unspecified atom stereocenters. The van der Waals surface area contributed by atoms with E-state index in [-0.39, 0.29) is 17.1 Å². The van der Waals surface area contributed by atoms with Gasteiger partial charge in [0.1, 0.15) is 13.1 Å². The molecule has 9 nitrogen and oxygen atoms in total. The molecular weight excluding hydrogens is 470 g/mol. The van der Waals surface area contributed by atoms with Crippen molar-refractivity contribution in [2.45, 2.75) is 44.0 Å². The number of carbonyl (C=O) groups excluding carboxylic acids is 2. The highest BCUT2D eigenvalue weighted by atomic mass is 32.2. The lowest BCUT2D eigenvalue weighted by atomic mass is 9.77. The van der Waals surface area contributed by atoms with Gasteiger partial charge < -0.3 is 24.4 Å². The molecule has 0 radical (unpaired) electrons. The zero-order valence-electron chi connectivity index (χ0n) is 20.0. The molecule has 0 saturated carbocycles. The number of anilines is 1. The first kappa shape index (κ1) is 22.5. The van der Waals surface area contributed by atoms with Crippen LogP contribution in [0.3, 0.4) is 0 Å². The van der Waals surface area contributed by atoms with Gasteiger partial charge in [0.2, 0.25) is 5.91 Å². The number of nitrogens with zero attached hydrogens (tertiary/aromatic N) is 3. The molecule has 0 aliphatic carbocycles. The molecule has 1 N–H and O–H groups in total. The van der Waals surface area contributed by atoms with Crippen molar-refractivity contribution < 1.29 is 32.7 Å². The number of aliphatic hydroxyl groups is 1. The molecule has 1 amide bonds. The molecule has 0 aromatic heterocycles. The summed E-state index contributed by atoms with van der Waals surface area (Å²) in [6.45, 7) is 4.65. The third-order valence-corrected chi connectivity index (χ3v) is 9.93. The van der Waals surface area contributed by atoms with Gasteiger partial charge in [-0.15, -0.1) is 0 Å². The Morgan fingerprint density at radius 2 is 1.80 bits per heavy atom. The number of hydrogen-bond donors (Lipinski definition) is 1. The van der Waals surface area contributed by atoms with Crippen LogP contribution in [-0.2, 0) is 32.7 Å². The van der Waals surface area contributed by atoms with Crippen LogP contribution < -0.4 is 9.41 Å². The van der Waals surface area contributed by atoms with Gasteiger partial charge in [0.15, 0.2) is 0 Å². The first-order valence-corrected chi connectivity index (χ1v) is 13.2. The van der Waals surface area contributed by atoms with Crippen molar-refractivity contribution in [1.82, 2.24) is 4.90 Å². The topological polar surface area (TPSA) is 118 Å². The summed E-state index contributed by atoms with van der Waals surface area (Å²) in [5.41, 5.74) is 2.76. The summed E-state index contributed by atoms with van der Waals surface area (Å²) in [6, 6.07) is 6.77. The SMILES string of the molecule is CC(O)C1C(=O)N2C(C(=O)[O-])=C(CN3c4ccc5c6c(ccc(c46)S3(=O)=O)C[N+](C)(C)C5)[C@H](C)[C@H]12. The minimum atomic E-state index is -3.93. The average molecular weight is 498 g/mol. The Labute approximate surface area is 203 Å². The standard InChI is InChI=1S/C25H27N3O6S/c1-12-16(23(25(31)32)27-22(12)19(13(2)29)24(27)30)9-26-17-7-5-14-10-28(3,4)11-15-6-8-18(35(26,33)34)21(17)20(14)15/h5-8,12-13,19,22,29H,9-11H2,1-4H3/t12-,13?,19?,22+/m0/s1. The van der Waals surface area contributed by atoms with Crippen molar-refractivity contribution in [1.29, 1.82) is 0 Å². The molecule has 4 atom stereocenters. The summed E-state index contributed by atoms with van der Waals surface area (Å²) < 4.78 is 29.5. The number of β-lactam (4-membered cyclic amide) rings is 1. The molecular formula is C25H27N3O6S. The van der Waals surface area contributed by atoms with E-state index in [1.165, 1.54) is 11.2 Å². The highest BCUT2D eigenvalue weighted by molar-refractivity contribution is 7.93. The van der Waals surface area contributed by atoms with Gasteiger partial charge in [-0.2, -0.15) is 0 Å². The Morgan fingerprint density at radius 1 is 1.17 bits per heavy atom. The van der Waals surface area contributed by atoms with Crippen molar-refractivity contribution in [3.8, 4) is 0 Å². The molecule has 35 heavy (non-hydrogen) atoms. The molecule has 2 aromatic carbocycles. The zero-order valence-corrected chi connectivity index (χ0v) is 20.8. The lowest BCUT2D eigenvalue weighted by molar-refractivity contribution is -0.917. The minimum Gasteiger partial charge on any atom is -0.543 e. The molecule has 184 valence electrons. The summed E-state index contributed by atoms with van der Waals surface area (Å²) in [6.07, 6.45) is -0.938. The van der Waals surface area contributed by atoms with Crippen molar-refractivity contribution in [2.75, 3.05) is 24.9 Å². The number of carboxylic acids is 1. The number of rotatable bonds is 4. The number of quaternary nitrogens is 1. The molecule has 0 bridgehead atoms. The van der Waals surface area contributed by atoms with Gasteiger partial charge in [0, 0.05) is 27.8 Å². The van der Waals surface area contributed by atoms with Crippen LogP contribution in [0.4, 0.5) is 5.69 Å². The lowest BCUT2D eigenvalue weighted by Crippen LogP contribution is -2.64. The van der Waals surface area contributed by atoms with E-state index in [1.807, 2.05) is 12.1 Å². The number of fused-ring (bicyclic) bond motifs is 1. The molecule has 4 aliphatic rings. The fraction of sp³-hybridized carbons (Fsp3) is 0.440. The van der Waals surface area contributed by atoms with E-state index < -0.39 is 45.9 Å². The van der Waals surface area contributed by atoms with Gasteiger partial charge in [-0.3, -0.25) is 9.10 Å². The maximum absolute atomic E-state index is 13.7. The smallest absolute Gasteiger partial charge is 0.265 e.